The molecule has 2 unspecified atom stereocenters. The first-order valence-corrected chi connectivity index (χ1v) is 11.6. The van der Waals surface area contributed by atoms with Crippen LogP contribution in [0, 0.1) is 0 Å². The zero-order valence-electron chi connectivity index (χ0n) is 19.6. The van der Waals surface area contributed by atoms with Crippen LogP contribution in [0.4, 0.5) is 0 Å². The molecule has 2 N–H and O–H groups in total. The van der Waals surface area contributed by atoms with Crippen molar-refractivity contribution in [2.75, 3.05) is 27.2 Å². The van der Waals surface area contributed by atoms with E-state index >= 15 is 0 Å². The fourth-order valence-electron chi connectivity index (χ4n) is 4.20. The van der Waals surface area contributed by atoms with Crippen LogP contribution in [-0.4, -0.2) is 55.0 Å². The molecule has 0 bridgehead atoms. The normalized spacial score (nSPS) is 20.1. The van der Waals surface area contributed by atoms with E-state index in [1.165, 1.54) is 16.7 Å². The van der Waals surface area contributed by atoms with E-state index in [1.54, 1.807) is 0 Å². The molecule has 1 aliphatic heterocycles. The first-order chi connectivity index (χ1) is 15.0. The van der Waals surface area contributed by atoms with Crippen LogP contribution in [0.2, 0.25) is 0 Å². The highest BCUT2D eigenvalue weighted by Crippen LogP contribution is 2.20. The number of piperidine rings is 1. The fourth-order valence-corrected chi connectivity index (χ4v) is 4.20. The Balaban J connectivity index is 1.52. The molecular formula is C26H39N5. The van der Waals surface area contributed by atoms with Gasteiger partial charge < -0.3 is 15.5 Å². The van der Waals surface area contributed by atoms with Gasteiger partial charge in [-0.3, -0.25) is 4.90 Å². The molecule has 0 amide bonds. The van der Waals surface area contributed by atoms with Gasteiger partial charge in [0, 0.05) is 38.3 Å². The summed E-state index contributed by atoms with van der Waals surface area (Å²) in [6.07, 6.45) is 2.28. The number of benzene rings is 2. The van der Waals surface area contributed by atoms with Crippen molar-refractivity contribution in [3.05, 3.63) is 71.3 Å². The van der Waals surface area contributed by atoms with Crippen molar-refractivity contribution < 1.29 is 0 Å². The highest BCUT2D eigenvalue weighted by Gasteiger charge is 2.25. The first-order valence-electron chi connectivity index (χ1n) is 11.6. The van der Waals surface area contributed by atoms with E-state index in [0.29, 0.717) is 18.6 Å². The first kappa shape index (κ1) is 23.3. The number of nitrogens with zero attached hydrogens (tertiary/aromatic N) is 3. The van der Waals surface area contributed by atoms with Gasteiger partial charge in [0.2, 0.25) is 0 Å². The van der Waals surface area contributed by atoms with Gasteiger partial charge in [-0.05, 0) is 57.5 Å². The van der Waals surface area contributed by atoms with E-state index in [2.05, 4.69) is 103 Å². The van der Waals surface area contributed by atoms with Crippen LogP contribution < -0.4 is 10.6 Å². The van der Waals surface area contributed by atoms with E-state index in [9.17, 15) is 0 Å². The topological polar surface area (TPSA) is 42.9 Å². The minimum atomic E-state index is 0.460. The van der Waals surface area contributed by atoms with E-state index in [0.717, 1.165) is 45.0 Å². The SMILES string of the molecule is CCNC(=NCc1ccc(CN(C)C)cc1)NC1CCN(Cc2ccccc2)C(C)C1. The Hall–Kier alpha value is -2.37. The van der Waals surface area contributed by atoms with Gasteiger partial charge in [-0.1, -0.05) is 54.6 Å². The van der Waals surface area contributed by atoms with Crippen LogP contribution in [-0.2, 0) is 19.6 Å². The molecule has 5 heteroatoms. The van der Waals surface area contributed by atoms with Gasteiger partial charge in [0.05, 0.1) is 6.54 Å². The Kier molecular flexibility index (Phi) is 8.92. The number of guanidine groups is 1. The number of nitrogens with one attached hydrogen (secondary N) is 2. The van der Waals surface area contributed by atoms with Gasteiger partial charge in [-0.25, -0.2) is 4.99 Å². The molecule has 0 aliphatic carbocycles. The Labute approximate surface area is 188 Å². The molecule has 2 atom stereocenters. The van der Waals surface area contributed by atoms with Crippen molar-refractivity contribution in [2.24, 2.45) is 4.99 Å². The van der Waals surface area contributed by atoms with Crippen molar-refractivity contribution in [2.45, 2.75) is 58.4 Å². The van der Waals surface area contributed by atoms with Crippen molar-refractivity contribution >= 4 is 5.96 Å². The number of hydrogen-bond acceptors (Lipinski definition) is 3. The fraction of sp³-hybridized carbons (Fsp3) is 0.500. The van der Waals surface area contributed by atoms with Crippen LogP contribution in [0.15, 0.2) is 59.6 Å². The third-order valence-electron chi connectivity index (χ3n) is 5.87. The standard InChI is InChI=1S/C26H39N5/c1-5-27-26(28-18-22-11-13-24(14-12-22)19-30(3)4)29-25-15-16-31(21(2)17-25)20-23-9-7-6-8-10-23/h6-14,21,25H,5,15-20H2,1-4H3,(H2,27,28,29). The maximum atomic E-state index is 4.85. The molecule has 1 heterocycles. The Morgan fingerprint density at radius 2 is 1.74 bits per heavy atom. The average molecular weight is 422 g/mol. The number of likely N-dealkylation sites (tertiary alicyclic amines) is 1. The zero-order chi connectivity index (χ0) is 22.1. The molecule has 1 aliphatic rings. The minimum absolute atomic E-state index is 0.460. The van der Waals surface area contributed by atoms with Crippen LogP contribution in [0.1, 0.15) is 43.4 Å². The second-order valence-electron chi connectivity index (χ2n) is 8.92. The van der Waals surface area contributed by atoms with Crippen molar-refractivity contribution in [3.63, 3.8) is 0 Å². The summed E-state index contributed by atoms with van der Waals surface area (Å²) in [6, 6.07) is 20.6. The van der Waals surface area contributed by atoms with Gasteiger partial charge in [0.25, 0.3) is 0 Å². The molecule has 31 heavy (non-hydrogen) atoms. The molecule has 0 radical (unpaired) electrons. The number of rotatable bonds is 8. The summed E-state index contributed by atoms with van der Waals surface area (Å²) in [7, 11) is 4.19. The molecule has 1 saturated heterocycles. The summed E-state index contributed by atoms with van der Waals surface area (Å²) in [4.78, 5) is 9.63. The molecule has 2 aromatic carbocycles. The predicted octanol–water partition coefficient (Wildman–Crippen LogP) is 3.86. The van der Waals surface area contributed by atoms with Gasteiger partial charge in [-0.15, -0.1) is 0 Å². The van der Waals surface area contributed by atoms with Gasteiger partial charge in [-0.2, -0.15) is 0 Å². The van der Waals surface area contributed by atoms with Gasteiger partial charge >= 0.3 is 0 Å². The molecule has 2 aromatic rings. The average Bonchev–Trinajstić information content (AvgIpc) is 2.75. The lowest BCUT2D eigenvalue weighted by Crippen LogP contribution is -2.51. The van der Waals surface area contributed by atoms with Crippen molar-refractivity contribution in [1.82, 2.24) is 20.4 Å². The Bertz CT molecular complexity index is 800. The molecule has 0 spiro atoms. The molecule has 1 fully saturated rings. The van der Waals surface area contributed by atoms with Crippen LogP contribution in [0.5, 0.6) is 0 Å². The van der Waals surface area contributed by atoms with Crippen LogP contribution in [0.3, 0.4) is 0 Å². The van der Waals surface area contributed by atoms with E-state index in [4.69, 9.17) is 4.99 Å². The lowest BCUT2D eigenvalue weighted by Gasteiger charge is -2.38. The molecule has 3 rings (SSSR count). The molecular weight excluding hydrogens is 382 g/mol. The minimum Gasteiger partial charge on any atom is -0.357 e. The lowest BCUT2D eigenvalue weighted by molar-refractivity contribution is 0.134. The number of aliphatic imine (C=N–C) groups is 1. The predicted molar refractivity (Wildman–Crippen MR) is 131 cm³/mol. The Morgan fingerprint density at radius 1 is 1.03 bits per heavy atom. The quantitative estimate of drug-likeness (QED) is 0.502. The smallest absolute Gasteiger partial charge is 0.191 e. The summed E-state index contributed by atoms with van der Waals surface area (Å²) in [5.74, 6) is 0.925. The summed E-state index contributed by atoms with van der Waals surface area (Å²) >= 11 is 0. The van der Waals surface area contributed by atoms with Gasteiger partial charge in [0.15, 0.2) is 5.96 Å². The third kappa shape index (κ3) is 7.67. The second-order valence-corrected chi connectivity index (χ2v) is 8.92. The van der Waals surface area contributed by atoms with E-state index in [-0.39, 0.29) is 0 Å². The highest BCUT2D eigenvalue weighted by molar-refractivity contribution is 5.80. The number of hydrogen-bond donors (Lipinski definition) is 2. The monoisotopic (exact) mass is 421 g/mol. The van der Waals surface area contributed by atoms with Crippen molar-refractivity contribution in [3.8, 4) is 0 Å². The van der Waals surface area contributed by atoms with Crippen LogP contribution in [0.25, 0.3) is 0 Å². The molecule has 0 aromatic heterocycles. The molecule has 168 valence electrons. The largest absolute Gasteiger partial charge is 0.357 e. The maximum absolute atomic E-state index is 4.85. The molecule has 0 saturated carbocycles. The highest BCUT2D eigenvalue weighted by atomic mass is 15.2. The zero-order valence-corrected chi connectivity index (χ0v) is 19.6. The summed E-state index contributed by atoms with van der Waals surface area (Å²) in [5.41, 5.74) is 3.97. The molecule has 5 nitrogen and oxygen atoms in total. The van der Waals surface area contributed by atoms with Crippen LogP contribution >= 0.6 is 0 Å². The maximum Gasteiger partial charge on any atom is 0.191 e. The second kappa shape index (κ2) is 11.9. The lowest BCUT2D eigenvalue weighted by atomic mass is 9.97. The van der Waals surface area contributed by atoms with E-state index in [1.807, 2.05) is 0 Å². The summed E-state index contributed by atoms with van der Waals surface area (Å²) in [5, 5.41) is 7.11. The Morgan fingerprint density at radius 3 is 2.39 bits per heavy atom. The summed E-state index contributed by atoms with van der Waals surface area (Å²) in [6.45, 7) is 9.15. The van der Waals surface area contributed by atoms with E-state index < -0.39 is 0 Å². The third-order valence-corrected chi connectivity index (χ3v) is 5.87. The summed E-state index contributed by atoms with van der Waals surface area (Å²) < 4.78 is 0. The van der Waals surface area contributed by atoms with Crippen molar-refractivity contribution in [1.29, 1.82) is 0 Å². The van der Waals surface area contributed by atoms with Gasteiger partial charge in [0.1, 0.15) is 0 Å².